The number of ether oxygens (including phenoxy) is 2. The van der Waals surface area contributed by atoms with Gasteiger partial charge in [0.15, 0.2) is 14.3 Å². The first kappa shape index (κ1) is 28.8. The molecule has 4 nitrogen and oxygen atoms in total. The molecule has 226 valence electrons. The molecule has 0 spiro atoms. The smallest absolute Gasteiger partial charge is 0.171 e. The second-order valence-corrected chi connectivity index (χ2v) is 17.1. The molecule has 0 atom stereocenters. The largest absolute Gasteiger partial charge is 0.492 e. The summed E-state index contributed by atoms with van der Waals surface area (Å²) in [4.78, 5) is 0. The summed E-state index contributed by atoms with van der Waals surface area (Å²) in [7, 11) is -6.96. The fourth-order valence-electron chi connectivity index (χ4n) is 6.89. The molecule has 0 aliphatic carbocycles. The van der Waals surface area contributed by atoms with Gasteiger partial charge in [0.1, 0.15) is 11.5 Å². The number of hydrogen-bond acceptors (Lipinski definition) is 4. The lowest BCUT2D eigenvalue weighted by Crippen LogP contribution is -2.30. The normalized spacial score (nSPS) is 13.8. The van der Waals surface area contributed by atoms with E-state index in [2.05, 4.69) is 12.1 Å². The quantitative estimate of drug-likeness (QED) is 0.188. The topological polar surface area (TPSA) is 52.6 Å². The first-order valence-electron chi connectivity index (χ1n) is 15.6. The van der Waals surface area contributed by atoms with Crippen molar-refractivity contribution in [2.75, 3.05) is 13.2 Å². The second kappa shape index (κ2) is 11.6. The van der Waals surface area contributed by atoms with Crippen LogP contribution < -0.4 is 41.3 Å². The van der Waals surface area contributed by atoms with E-state index >= 15 is 9.13 Å². The fraction of sp³-hybridized carbons (Fsp3) is 0.100. The maximum Gasteiger partial charge on any atom is 0.171 e. The number of benzene rings is 6. The summed E-state index contributed by atoms with van der Waals surface area (Å²) in [6, 6.07) is 46.9. The molecule has 6 heteroatoms. The van der Waals surface area contributed by atoms with Crippen molar-refractivity contribution >= 4 is 46.1 Å². The maximum absolute atomic E-state index is 16.0. The van der Waals surface area contributed by atoms with Crippen LogP contribution in [0.5, 0.6) is 11.5 Å². The summed E-state index contributed by atoms with van der Waals surface area (Å²) < 4.78 is 45.0. The average Bonchev–Trinajstić information content (AvgIpc) is 3.82. The van der Waals surface area contributed by atoms with Crippen LogP contribution >= 0.6 is 14.3 Å². The lowest BCUT2D eigenvalue weighted by Gasteiger charge is -2.28. The van der Waals surface area contributed by atoms with Crippen LogP contribution in [0.1, 0.15) is 11.1 Å². The molecule has 46 heavy (non-hydrogen) atoms. The van der Waals surface area contributed by atoms with E-state index in [0.717, 1.165) is 45.2 Å². The molecule has 0 bridgehead atoms. The minimum absolute atomic E-state index is 0.521. The van der Waals surface area contributed by atoms with E-state index < -0.39 is 14.3 Å². The molecule has 0 saturated heterocycles. The first-order valence-corrected chi connectivity index (χ1v) is 19.0. The van der Waals surface area contributed by atoms with E-state index in [-0.39, 0.29) is 0 Å². The molecule has 2 aliphatic rings. The summed E-state index contributed by atoms with van der Waals surface area (Å²) in [5, 5.41) is 4.22. The monoisotopic (exact) mass is 638 g/mol. The Kier molecular flexibility index (Phi) is 7.29. The zero-order valence-electron chi connectivity index (χ0n) is 25.2. The van der Waals surface area contributed by atoms with Crippen molar-refractivity contribution in [3.05, 3.63) is 157 Å². The summed E-state index contributed by atoms with van der Waals surface area (Å²) >= 11 is 0. The minimum atomic E-state index is -3.48. The Morgan fingerprint density at radius 3 is 1.00 bits per heavy atom. The Balaban J connectivity index is 1.53. The Morgan fingerprint density at radius 1 is 0.391 bits per heavy atom. The van der Waals surface area contributed by atoms with Crippen molar-refractivity contribution in [2.24, 2.45) is 0 Å². The van der Waals surface area contributed by atoms with Gasteiger partial charge in [-0.3, -0.25) is 0 Å². The molecule has 0 unspecified atom stereocenters. The summed E-state index contributed by atoms with van der Waals surface area (Å²) in [6.45, 7) is 1.04. The molecule has 0 amide bonds. The van der Waals surface area contributed by atoms with Crippen LogP contribution in [-0.4, -0.2) is 13.2 Å². The van der Waals surface area contributed by atoms with Crippen molar-refractivity contribution in [3.63, 3.8) is 0 Å². The summed E-state index contributed by atoms with van der Waals surface area (Å²) in [6.07, 6.45) is 1.48. The van der Waals surface area contributed by atoms with Crippen LogP contribution in [0.3, 0.4) is 0 Å². The minimum Gasteiger partial charge on any atom is -0.492 e. The van der Waals surface area contributed by atoms with Crippen LogP contribution in [0.15, 0.2) is 146 Å². The summed E-state index contributed by atoms with van der Waals surface area (Å²) in [5.74, 6) is 1.39. The highest BCUT2D eigenvalue weighted by molar-refractivity contribution is 7.86. The summed E-state index contributed by atoms with van der Waals surface area (Å²) in [5.41, 5.74) is 3.52. The standard InChI is InChI=1S/C40H32O4P2/c41-45(31-13-5-1-6-14-31,32-15-7-2-8-16-32)35-23-21-29-25-27-43-39(29)37(35)38-36(24-22-30-26-28-44-40(30)38)46(42,33-17-9-3-10-18-33)34-19-11-4-12-20-34/h1-24H,25-28H2. The highest BCUT2D eigenvalue weighted by atomic mass is 31.2. The lowest BCUT2D eigenvalue weighted by atomic mass is 9.97. The van der Waals surface area contributed by atoms with Crippen LogP contribution in [-0.2, 0) is 22.0 Å². The molecule has 6 aromatic rings. The molecule has 0 radical (unpaired) electrons. The molecule has 2 aliphatic heterocycles. The van der Waals surface area contributed by atoms with Gasteiger partial charge in [-0.25, -0.2) is 0 Å². The third kappa shape index (κ3) is 4.51. The molecule has 0 aromatic heterocycles. The van der Waals surface area contributed by atoms with Gasteiger partial charge in [0.25, 0.3) is 0 Å². The van der Waals surface area contributed by atoms with Gasteiger partial charge in [-0.15, -0.1) is 0 Å². The van der Waals surface area contributed by atoms with Crippen molar-refractivity contribution in [2.45, 2.75) is 12.8 Å². The highest BCUT2D eigenvalue weighted by Crippen LogP contribution is 2.55. The molecule has 6 aromatic carbocycles. The molecule has 8 rings (SSSR count). The second-order valence-electron chi connectivity index (χ2n) is 11.7. The van der Waals surface area contributed by atoms with E-state index in [1.165, 1.54) is 0 Å². The molecule has 0 fully saturated rings. The van der Waals surface area contributed by atoms with E-state index in [0.29, 0.717) is 46.4 Å². The van der Waals surface area contributed by atoms with Crippen LogP contribution in [0.2, 0.25) is 0 Å². The Hall–Kier alpha value is -4.62. The zero-order valence-corrected chi connectivity index (χ0v) is 27.0. The van der Waals surface area contributed by atoms with Crippen molar-refractivity contribution in [1.29, 1.82) is 0 Å². The Labute approximate surface area is 269 Å². The predicted octanol–water partition coefficient (Wildman–Crippen LogP) is 6.50. The first-order chi connectivity index (χ1) is 22.6. The van der Waals surface area contributed by atoms with E-state index in [1.807, 2.05) is 133 Å². The van der Waals surface area contributed by atoms with Crippen molar-refractivity contribution in [1.82, 2.24) is 0 Å². The van der Waals surface area contributed by atoms with Crippen LogP contribution in [0.4, 0.5) is 0 Å². The lowest BCUT2D eigenvalue weighted by molar-refractivity contribution is 0.354. The Bertz CT molecular complexity index is 1900. The molecule has 0 saturated carbocycles. The van der Waals surface area contributed by atoms with Gasteiger partial charge >= 0.3 is 0 Å². The fourth-order valence-corrected chi connectivity index (χ4v) is 12.6. The van der Waals surface area contributed by atoms with Gasteiger partial charge in [-0.1, -0.05) is 133 Å². The SMILES string of the molecule is O=P(c1ccccc1)(c1ccccc1)c1ccc2c(c1-c1c(P(=O)(c3ccccc3)c3ccccc3)ccc3c1OCC3)OCC2. The van der Waals surface area contributed by atoms with Gasteiger partial charge in [-0.2, -0.15) is 0 Å². The van der Waals surface area contributed by atoms with Crippen LogP contribution in [0, 0.1) is 0 Å². The van der Waals surface area contributed by atoms with Gasteiger partial charge < -0.3 is 18.6 Å². The number of hydrogen-bond donors (Lipinski definition) is 0. The van der Waals surface area contributed by atoms with E-state index in [1.54, 1.807) is 0 Å². The molecule has 2 heterocycles. The van der Waals surface area contributed by atoms with E-state index in [4.69, 9.17) is 9.47 Å². The van der Waals surface area contributed by atoms with Crippen molar-refractivity contribution < 1.29 is 18.6 Å². The number of fused-ring (bicyclic) bond motifs is 2. The molecule has 0 N–H and O–H groups in total. The Morgan fingerprint density at radius 2 is 0.696 bits per heavy atom. The average molecular weight is 639 g/mol. The predicted molar refractivity (Wildman–Crippen MR) is 189 cm³/mol. The van der Waals surface area contributed by atoms with Gasteiger partial charge in [0, 0.05) is 55.8 Å². The van der Waals surface area contributed by atoms with Gasteiger partial charge in [0.05, 0.1) is 13.2 Å². The number of rotatable bonds is 7. The van der Waals surface area contributed by atoms with Gasteiger partial charge in [0.2, 0.25) is 0 Å². The maximum atomic E-state index is 16.0. The molecular weight excluding hydrogens is 606 g/mol. The highest BCUT2D eigenvalue weighted by Gasteiger charge is 2.41. The third-order valence-corrected chi connectivity index (χ3v) is 15.3. The van der Waals surface area contributed by atoms with Crippen LogP contribution in [0.25, 0.3) is 11.1 Å². The van der Waals surface area contributed by atoms with Crippen molar-refractivity contribution in [3.8, 4) is 22.6 Å². The van der Waals surface area contributed by atoms with E-state index in [9.17, 15) is 0 Å². The zero-order chi connectivity index (χ0) is 31.1. The molecular formula is C40H32O4P2. The third-order valence-electron chi connectivity index (χ3n) is 9.08. The van der Waals surface area contributed by atoms with Gasteiger partial charge in [-0.05, 0) is 23.3 Å².